The average molecular weight is 273 g/mol. The fourth-order valence-electron chi connectivity index (χ4n) is 2.18. The van der Waals surface area contributed by atoms with Crippen molar-refractivity contribution in [3.05, 3.63) is 71.7 Å². The molecule has 2 heterocycles. The number of para-hydroxylation sites is 1. The van der Waals surface area contributed by atoms with Gasteiger partial charge in [0, 0.05) is 35.1 Å². The smallest absolute Gasteiger partial charge is 0.205 e. The predicted octanol–water partition coefficient (Wildman–Crippen LogP) is 3.35. The van der Waals surface area contributed by atoms with E-state index < -0.39 is 0 Å². The molecule has 0 spiro atoms. The monoisotopic (exact) mass is 273 g/mol. The number of aromatic nitrogens is 2. The molecule has 0 saturated heterocycles. The summed E-state index contributed by atoms with van der Waals surface area (Å²) in [7, 11) is 0. The number of pyridine rings is 1. The highest BCUT2D eigenvalue weighted by molar-refractivity contribution is 6.19. The van der Waals surface area contributed by atoms with E-state index in [-0.39, 0.29) is 11.4 Å². The molecule has 0 radical (unpaired) electrons. The van der Waals surface area contributed by atoms with Crippen LogP contribution < -0.4 is 0 Å². The maximum atomic E-state index is 12.5. The highest BCUT2D eigenvalue weighted by atomic mass is 16.1. The van der Waals surface area contributed by atoms with E-state index in [4.69, 9.17) is 0 Å². The van der Waals surface area contributed by atoms with Crippen molar-refractivity contribution in [1.82, 2.24) is 9.97 Å². The summed E-state index contributed by atoms with van der Waals surface area (Å²) in [6.45, 7) is 0. The van der Waals surface area contributed by atoms with E-state index >= 15 is 0 Å². The first-order chi connectivity index (χ1) is 10.3. The van der Waals surface area contributed by atoms with Gasteiger partial charge in [0.2, 0.25) is 5.78 Å². The molecule has 1 aromatic carbocycles. The number of carbonyl (C=O) groups is 1. The summed E-state index contributed by atoms with van der Waals surface area (Å²) in [4.78, 5) is 19.5. The number of fused-ring (bicyclic) bond motifs is 1. The highest BCUT2D eigenvalue weighted by Gasteiger charge is 2.16. The first kappa shape index (κ1) is 12.8. The van der Waals surface area contributed by atoms with E-state index in [0.29, 0.717) is 5.56 Å². The number of hydrogen-bond acceptors (Lipinski definition) is 3. The van der Waals surface area contributed by atoms with Crippen molar-refractivity contribution in [2.45, 2.75) is 0 Å². The molecule has 3 aromatic rings. The minimum absolute atomic E-state index is 0.0905. The van der Waals surface area contributed by atoms with Crippen LogP contribution in [0.2, 0.25) is 0 Å². The van der Waals surface area contributed by atoms with Crippen molar-refractivity contribution in [3.63, 3.8) is 0 Å². The molecular formula is C17H11N3O. The molecule has 21 heavy (non-hydrogen) atoms. The van der Waals surface area contributed by atoms with Crippen molar-refractivity contribution in [3.8, 4) is 6.07 Å². The van der Waals surface area contributed by atoms with Crippen LogP contribution in [0, 0.1) is 11.3 Å². The minimum atomic E-state index is -0.293. The van der Waals surface area contributed by atoms with Crippen LogP contribution >= 0.6 is 0 Å². The third-order valence-corrected chi connectivity index (χ3v) is 3.19. The first-order valence-electron chi connectivity index (χ1n) is 6.42. The number of nitriles is 1. The number of Topliss-reactive ketones (excluding diaryl/α,β-unsaturated/α-hetero) is 1. The summed E-state index contributed by atoms with van der Waals surface area (Å²) in [6, 6.07) is 13.0. The second kappa shape index (κ2) is 5.43. The summed E-state index contributed by atoms with van der Waals surface area (Å²) in [5.41, 5.74) is 2.19. The molecule has 1 N–H and O–H groups in total. The fourth-order valence-corrected chi connectivity index (χ4v) is 2.18. The van der Waals surface area contributed by atoms with E-state index in [0.717, 1.165) is 16.5 Å². The summed E-state index contributed by atoms with van der Waals surface area (Å²) in [5.74, 6) is -0.293. The summed E-state index contributed by atoms with van der Waals surface area (Å²) in [5, 5.41) is 10.1. The minimum Gasteiger partial charge on any atom is -0.360 e. The van der Waals surface area contributed by atoms with Gasteiger partial charge in [-0.1, -0.05) is 24.3 Å². The fraction of sp³-hybridized carbons (Fsp3) is 0. The zero-order valence-electron chi connectivity index (χ0n) is 11.1. The van der Waals surface area contributed by atoms with Gasteiger partial charge in [-0.05, 0) is 23.8 Å². The number of hydrogen-bond donors (Lipinski definition) is 1. The Morgan fingerprint density at radius 3 is 2.86 bits per heavy atom. The number of nitrogens with zero attached hydrogens (tertiary/aromatic N) is 2. The molecule has 0 atom stereocenters. The molecule has 0 unspecified atom stereocenters. The van der Waals surface area contributed by atoms with Crippen LogP contribution in [-0.2, 0) is 0 Å². The number of aromatic amines is 1. The van der Waals surface area contributed by atoms with Crippen LogP contribution in [0.3, 0.4) is 0 Å². The maximum absolute atomic E-state index is 12.5. The van der Waals surface area contributed by atoms with Crippen molar-refractivity contribution in [2.75, 3.05) is 0 Å². The Bertz CT molecular complexity index is 870. The Labute approximate surface area is 121 Å². The number of rotatable bonds is 3. The lowest BCUT2D eigenvalue weighted by Gasteiger charge is -1.98. The molecule has 100 valence electrons. The molecule has 0 aliphatic rings. The number of allylic oxidation sites excluding steroid dienone is 1. The second-order valence-corrected chi connectivity index (χ2v) is 4.53. The van der Waals surface area contributed by atoms with Gasteiger partial charge in [-0.25, -0.2) is 0 Å². The number of H-pyrrole nitrogens is 1. The molecular weight excluding hydrogens is 262 g/mol. The highest BCUT2D eigenvalue weighted by Crippen LogP contribution is 2.21. The molecule has 0 aliphatic carbocycles. The molecule has 0 aliphatic heterocycles. The normalized spacial score (nSPS) is 11.3. The van der Waals surface area contributed by atoms with E-state index in [1.807, 2.05) is 30.3 Å². The Kier molecular flexibility index (Phi) is 3.32. The zero-order chi connectivity index (χ0) is 14.7. The van der Waals surface area contributed by atoms with Crippen LogP contribution in [0.1, 0.15) is 15.9 Å². The third-order valence-electron chi connectivity index (χ3n) is 3.19. The Balaban J connectivity index is 2.04. The number of nitrogens with one attached hydrogen (secondary N) is 1. The lowest BCUT2D eigenvalue weighted by molar-refractivity contribution is 0.104. The van der Waals surface area contributed by atoms with Gasteiger partial charge in [0.05, 0.1) is 0 Å². The zero-order valence-corrected chi connectivity index (χ0v) is 11.1. The maximum Gasteiger partial charge on any atom is 0.205 e. The van der Waals surface area contributed by atoms with Gasteiger partial charge in [0.25, 0.3) is 0 Å². The van der Waals surface area contributed by atoms with Crippen molar-refractivity contribution in [1.29, 1.82) is 5.26 Å². The molecule has 0 saturated carbocycles. The molecule has 0 fully saturated rings. The van der Waals surface area contributed by atoms with Crippen LogP contribution in [0.4, 0.5) is 0 Å². The van der Waals surface area contributed by atoms with Crippen molar-refractivity contribution < 1.29 is 4.79 Å². The number of ketones is 1. The lowest BCUT2D eigenvalue weighted by Crippen LogP contribution is -2.01. The molecule has 0 amide bonds. The first-order valence-corrected chi connectivity index (χ1v) is 6.42. The van der Waals surface area contributed by atoms with Gasteiger partial charge in [-0.3, -0.25) is 9.78 Å². The summed E-state index contributed by atoms with van der Waals surface area (Å²) < 4.78 is 0. The molecule has 0 bridgehead atoms. The SMILES string of the molecule is N#C/C(=C\c1cccnc1)C(=O)c1c[nH]c2ccccc12. The summed E-state index contributed by atoms with van der Waals surface area (Å²) in [6.07, 6.45) is 6.45. The Hall–Kier alpha value is -3.19. The van der Waals surface area contributed by atoms with Crippen LogP contribution in [0.25, 0.3) is 17.0 Å². The van der Waals surface area contributed by atoms with E-state index in [2.05, 4.69) is 9.97 Å². The van der Waals surface area contributed by atoms with Gasteiger partial charge in [-0.2, -0.15) is 5.26 Å². The van der Waals surface area contributed by atoms with Gasteiger partial charge in [0.1, 0.15) is 11.6 Å². The van der Waals surface area contributed by atoms with E-state index in [1.165, 1.54) is 0 Å². The number of benzene rings is 1. The van der Waals surface area contributed by atoms with Crippen molar-refractivity contribution in [2.24, 2.45) is 0 Å². The standard InChI is InChI=1S/C17H11N3O/c18-9-13(8-12-4-3-7-19-10-12)17(21)15-11-20-16-6-2-1-5-14(15)16/h1-8,10-11,20H/b13-8+. The van der Waals surface area contributed by atoms with Crippen LogP contribution in [0.5, 0.6) is 0 Å². The molecule has 2 aromatic heterocycles. The summed E-state index contributed by atoms with van der Waals surface area (Å²) >= 11 is 0. The Morgan fingerprint density at radius 2 is 2.10 bits per heavy atom. The molecule has 4 nitrogen and oxygen atoms in total. The third kappa shape index (κ3) is 2.45. The van der Waals surface area contributed by atoms with Crippen LogP contribution in [-0.4, -0.2) is 15.8 Å². The van der Waals surface area contributed by atoms with E-state index in [1.54, 1.807) is 36.8 Å². The largest absolute Gasteiger partial charge is 0.360 e. The average Bonchev–Trinajstić information content (AvgIpc) is 2.97. The van der Waals surface area contributed by atoms with Gasteiger partial charge in [-0.15, -0.1) is 0 Å². The molecule has 3 rings (SSSR count). The van der Waals surface area contributed by atoms with Gasteiger partial charge in [0.15, 0.2) is 0 Å². The number of carbonyl (C=O) groups excluding carboxylic acids is 1. The Morgan fingerprint density at radius 1 is 1.24 bits per heavy atom. The van der Waals surface area contributed by atoms with Gasteiger partial charge < -0.3 is 4.98 Å². The van der Waals surface area contributed by atoms with E-state index in [9.17, 15) is 10.1 Å². The molecule has 4 heteroatoms. The topological polar surface area (TPSA) is 69.5 Å². The predicted molar refractivity (Wildman–Crippen MR) is 80.5 cm³/mol. The van der Waals surface area contributed by atoms with Crippen LogP contribution in [0.15, 0.2) is 60.6 Å². The van der Waals surface area contributed by atoms with Gasteiger partial charge >= 0.3 is 0 Å². The second-order valence-electron chi connectivity index (χ2n) is 4.53. The lowest BCUT2D eigenvalue weighted by atomic mass is 10.0. The van der Waals surface area contributed by atoms with Crippen molar-refractivity contribution >= 4 is 22.8 Å². The quantitative estimate of drug-likeness (QED) is 0.452.